The molecule has 0 radical (unpaired) electrons. The molecule has 0 amide bonds. The van der Waals surface area contributed by atoms with Crippen LogP contribution in [0, 0.1) is 0 Å². The van der Waals surface area contributed by atoms with Gasteiger partial charge in [-0.2, -0.15) is 5.06 Å². The van der Waals surface area contributed by atoms with Crippen molar-refractivity contribution < 1.29 is 18.7 Å². The number of nitrogens with one attached hydrogen (secondary N) is 1. The molecule has 0 heterocycles. The van der Waals surface area contributed by atoms with E-state index < -0.39 is 9.84 Å². The van der Waals surface area contributed by atoms with Crippen LogP contribution in [0.3, 0.4) is 0 Å². The van der Waals surface area contributed by atoms with E-state index in [0.29, 0.717) is 17.0 Å². The van der Waals surface area contributed by atoms with Crippen molar-refractivity contribution >= 4 is 15.5 Å². The van der Waals surface area contributed by atoms with E-state index in [4.69, 9.17) is 0 Å². The third-order valence-corrected chi connectivity index (χ3v) is 4.04. The average Bonchev–Trinajstić information content (AvgIpc) is 2.18. The molecule has 2 N–H and O–H groups in total. The molecule has 0 aromatic heterocycles. The van der Waals surface area contributed by atoms with Gasteiger partial charge in [0.1, 0.15) is 7.05 Å². The fourth-order valence-electron chi connectivity index (χ4n) is 1.29. The number of hydrogen-bond donors (Lipinski definition) is 2. The van der Waals surface area contributed by atoms with Crippen LogP contribution in [-0.4, -0.2) is 26.4 Å². The molecule has 1 rings (SSSR count). The first-order chi connectivity index (χ1) is 6.97. The minimum absolute atomic E-state index is 0.161. The highest BCUT2D eigenvalue weighted by atomic mass is 32.2. The van der Waals surface area contributed by atoms with Crippen molar-refractivity contribution in [2.24, 2.45) is 0 Å². The normalized spacial score (nSPS) is 13.8. The Bertz CT molecular complexity index is 409. The van der Waals surface area contributed by atoms with E-state index >= 15 is 0 Å². The predicted octanol–water partition coefficient (Wildman–Crippen LogP) is 0.406. The second kappa shape index (κ2) is 4.74. The van der Waals surface area contributed by atoms with E-state index in [0.717, 1.165) is 0 Å². The maximum Gasteiger partial charge on any atom is 0.178 e. The summed E-state index contributed by atoms with van der Waals surface area (Å²) in [4.78, 5) is 0.314. The molecule has 1 aromatic carbocycles. The number of hydrogen-bond acceptors (Lipinski definition) is 3. The molecule has 1 atom stereocenters. The summed E-state index contributed by atoms with van der Waals surface area (Å²) in [7, 11) is -1.58. The van der Waals surface area contributed by atoms with Crippen molar-refractivity contribution in [2.75, 3.05) is 12.8 Å². The van der Waals surface area contributed by atoms with Gasteiger partial charge in [0.15, 0.2) is 15.5 Å². The summed E-state index contributed by atoms with van der Waals surface area (Å²) in [6.07, 6.45) is 0.606. The smallest absolute Gasteiger partial charge is 0.178 e. The largest absolute Gasteiger partial charge is 0.224 e. The van der Waals surface area contributed by atoms with Crippen molar-refractivity contribution in [3.05, 3.63) is 24.3 Å². The van der Waals surface area contributed by atoms with Gasteiger partial charge in [0.25, 0.3) is 0 Å². The van der Waals surface area contributed by atoms with E-state index in [2.05, 4.69) is 0 Å². The Morgan fingerprint density at radius 2 is 1.80 bits per heavy atom. The van der Waals surface area contributed by atoms with Crippen molar-refractivity contribution in [2.45, 2.75) is 18.2 Å². The number of rotatable bonds is 4. The standard InChI is InChI=1S/C10H15NO3S/c1-3-8-15(13,14)10-6-4-9(5-7-10)11(2)12/h4-7,12H,3,8H2,1-2H3/p+1. The molecule has 5 heteroatoms. The Morgan fingerprint density at radius 3 is 2.20 bits per heavy atom. The monoisotopic (exact) mass is 230 g/mol. The summed E-state index contributed by atoms with van der Waals surface area (Å²) < 4.78 is 23.3. The molecule has 0 spiro atoms. The van der Waals surface area contributed by atoms with Crippen LogP contribution in [0.4, 0.5) is 5.69 Å². The van der Waals surface area contributed by atoms with Crippen LogP contribution < -0.4 is 5.06 Å². The molecule has 0 saturated heterocycles. The molecular weight excluding hydrogens is 214 g/mol. The lowest BCUT2D eigenvalue weighted by Crippen LogP contribution is -3.01. The molecule has 0 saturated carbocycles. The molecular formula is C10H16NO3S+. The highest BCUT2D eigenvalue weighted by Gasteiger charge is 2.13. The predicted molar refractivity (Wildman–Crippen MR) is 57.1 cm³/mol. The van der Waals surface area contributed by atoms with Crippen molar-refractivity contribution in [3.63, 3.8) is 0 Å². The molecule has 15 heavy (non-hydrogen) atoms. The average molecular weight is 230 g/mol. The molecule has 0 aliphatic rings. The topological polar surface area (TPSA) is 58.8 Å². The van der Waals surface area contributed by atoms with Gasteiger partial charge in [0.05, 0.1) is 10.6 Å². The fourth-order valence-corrected chi connectivity index (χ4v) is 2.61. The minimum atomic E-state index is -3.14. The SMILES string of the molecule is CCCS(=O)(=O)c1ccc([NH+](C)O)cc1. The van der Waals surface area contributed by atoms with Gasteiger partial charge in [-0.1, -0.05) is 6.92 Å². The Labute approximate surface area is 90.0 Å². The molecule has 0 aliphatic carbocycles. The lowest BCUT2D eigenvalue weighted by atomic mass is 10.3. The second-order valence-electron chi connectivity index (χ2n) is 3.43. The summed E-state index contributed by atoms with van der Waals surface area (Å²) in [5.41, 5.74) is 0.644. The summed E-state index contributed by atoms with van der Waals surface area (Å²) in [6, 6.07) is 6.27. The van der Waals surface area contributed by atoms with Crippen molar-refractivity contribution in [1.82, 2.24) is 0 Å². The van der Waals surface area contributed by atoms with Crippen LogP contribution in [-0.2, 0) is 9.84 Å². The van der Waals surface area contributed by atoms with Gasteiger partial charge in [0, 0.05) is 12.1 Å². The van der Waals surface area contributed by atoms with E-state index in [1.807, 2.05) is 6.92 Å². The van der Waals surface area contributed by atoms with Crippen LogP contribution in [0.2, 0.25) is 0 Å². The van der Waals surface area contributed by atoms with E-state index in [-0.39, 0.29) is 10.8 Å². The highest BCUT2D eigenvalue weighted by molar-refractivity contribution is 7.91. The Hall–Kier alpha value is -0.910. The lowest BCUT2D eigenvalue weighted by Gasteiger charge is -2.05. The first-order valence-corrected chi connectivity index (χ1v) is 6.48. The number of hydroxylamine groups is 1. The summed E-state index contributed by atoms with van der Waals surface area (Å²) in [5, 5.41) is 9.38. The van der Waals surface area contributed by atoms with Gasteiger partial charge in [0.2, 0.25) is 0 Å². The maximum atomic E-state index is 11.6. The highest BCUT2D eigenvalue weighted by Crippen LogP contribution is 2.13. The first-order valence-electron chi connectivity index (χ1n) is 4.83. The number of sulfone groups is 1. The second-order valence-corrected chi connectivity index (χ2v) is 5.54. The zero-order valence-corrected chi connectivity index (χ0v) is 9.71. The molecule has 0 bridgehead atoms. The van der Waals surface area contributed by atoms with Gasteiger partial charge >= 0.3 is 0 Å². The molecule has 1 aromatic rings. The van der Waals surface area contributed by atoms with Gasteiger partial charge in [-0.25, -0.2) is 13.6 Å². The van der Waals surface area contributed by atoms with Gasteiger partial charge in [-0.05, 0) is 18.6 Å². The number of benzene rings is 1. The zero-order chi connectivity index (χ0) is 11.5. The Balaban J connectivity index is 2.99. The third-order valence-electron chi connectivity index (χ3n) is 2.10. The molecule has 0 fully saturated rings. The Morgan fingerprint density at radius 1 is 1.27 bits per heavy atom. The summed E-state index contributed by atoms with van der Waals surface area (Å²) in [5.74, 6) is 0.161. The van der Waals surface area contributed by atoms with Crippen LogP contribution in [0.1, 0.15) is 13.3 Å². The van der Waals surface area contributed by atoms with Crippen LogP contribution in [0.15, 0.2) is 29.2 Å². The van der Waals surface area contributed by atoms with E-state index in [9.17, 15) is 13.6 Å². The van der Waals surface area contributed by atoms with Gasteiger partial charge in [-0.3, -0.25) is 0 Å². The van der Waals surface area contributed by atoms with Crippen LogP contribution >= 0.6 is 0 Å². The van der Waals surface area contributed by atoms with Gasteiger partial charge in [-0.15, -0.1) is 0 Å². The summed E-state index contributed by atoms with van der Waals surface area (Å²) in [6.45, 7) is 1.83. The molecule has 84 valence electrons. The van der Waals surface area contributed by atoms with Crippen molar-refractivity contribution in [3.8, 4) is 0 Å². The fraction of sp³-hybridized carbons (Fsp3) is 0.400. The van der Waals surface area contributed by atoms with Crippen molar-refractivity contribution in [1.29, 1.82) is 0 Å². The third kappa shape index (κ3) is 3.02. The summed E-state index contributed by atoms with van der Waals surface area (Å²) >= 11 is 0. The minimum Gasteiger partial charge on any atom is -0.224 e. The van der Waals surface area contributed by atoms with E-state index in [1.165, 1.54) is 12.1 Å². The quantitative estimate of drug-likeness (QED) is 0.736. The van der Waals surface area contributed by atoms with Crippen LogP contribution in [0.25, 0.3) is 0 Å². The van der Waals surface area contributed by atoms with Crippen LogP contribution in [0.5, 0.6) is 0 Å². The molecule has 1 unspecified atom stereocenters. The van der Waals surface area contributed by atoms with E-state index in [1.54, 1.807) is 19.2 Å². The number of quaternary nitrogens is 1. The maximum absolute atomic E-state index is 11.6. The molecule has 0 aliphatic heterocycles. The van der Waals surface area contributed by atoms with Gasteiger partial charge < -0.3 is 0 Å². The molecule has 4 nitrogen and oxygen atoms in total. The lowest BCUT2D eigenvalue weighted by molar-refractivity contribution is -1.02. The zero-order valence-electron chi connectivity index (χ0n) is 8.90. The first kappa shape index (κ1) is 12.2. The Kier molecular flexibility index (Phi) is 3.84.